The molecule has 1 aromatic heterocycles. The van der Waals surface area contributed by atoms with Gasteiger partial charge in [-0.2, -0.15) is 40.7 Å². The summed E-state index contributed by atoms with van der Waals surface area (Å²) in [6.07, 6.45) is -5.65. The molecular formula is C11H12F7N5. The van der Waals surface area contributed by atoms with Crippen LogP contribution in [-0.4, -0.2) is 40.1 Å². The summed E-state index contributed by atoms with van der Waals surface area (Å²) >= 11 is 0. The van der Waals surface area contributed by atoms with Crippen LogP contribution in [-0.2, 0) is 5.92 Å². The van der Waals surface area contributed by atoms with Gasteiger partial charge in [-0.05, 0) is 25.9 Å². The molecule has 0 spiro atoms. The molecule has 1 aliphatic rings. The Balaban J connectivity index is 2.44. The Morgan fingerprint density at radius 1 is 0.913 bits per heavy atom. The van der Waals surface area contributed by atoms with E-state index in [0.717, 1.165) is 0 Å². The van der Waals surface area contributed by atoms with Crippen LogP contribution in [0.4, 0.5) is 36.7 Å². The summed E-state index contributed by atoms with van der Waals surface area (Å²) in [6, 6.07) is 0. The Morgan fingerprint density at radius 2 is 1.48 bits per heavy atom. The first-order valence-corrected chi connectivity index (χ1v) is 6.52. The zero-order valence-electron chi connectivity index (χ0n) is 11.5. The number of halogens is 7. The van der Waals surface area contributed by atoms with Crippen molar-refractivity contribution < 1.29 is 30.7 Å². The Morgan fingerprint density at radius 3 is 2.00 bits per heavy atom. The Bertz CT molecular complexity index is 568. The van der Waals surface area contributed by atoms with Crippen molar-refractivity contribution >= 4 is 5.95 Å². The van der Waals surface area contributed by atoms with Gasteiger partial charge < -0.3 is 11.1 Å². The molecule has 0 aliphatic carbocycles. The molecule has 0 aromatic carbocycles. The summed E-state index contributed by atoms with van der Waals surface area (Å²) in [4.78, 5) is 9.52. The first-order valence-electron chi connectivity index (χ1n) is 6.52. The second-order valence-corrected chi connectivity index (χ2v) is 5.05. The largest absolute Gasteiger partial charge is 0.460 e. The molecule has 1 saturated heterocycles. The number of hydrogen-bond donors (Lipinski definition) is 2. The van der Waals surface area contributed by atoms with Crippen LogP contribution in [0.25, 0.3) is 0 Å². The molecule has 0 bridgehead atoms. The average Bonchev–Trinajstić information content (AvgIpc) is 2.46. The van der Waals surface area contributed by atoms with Crippen LogP contribution in [0.3, 0.4) is 0 Å². The van der Waals surface area contributed by atoms with Gasteiger partial charge in [-0.3, -0.25) is 0 Å². The highest BCUT2D eigenvalue weighted by atomic mass is 19.4. The predicted molar refractivity (Wildman–Crippen MR) is 64.0 cm³/mol. The molecule has 0 saturated carbocycles. The third-order valence-electron chi connectivity index (χ3n) is 3.41. The number of nitrogens with two attached hydrogens (primary N) is 1. The summed E-state index contributed by atoms with van der Waals surface area (Å²) in [5, 5.41) is 2.97. The SMILES string of the molecule is Nc1nc(C2CCNCC2)nc(C(F)(F)C(F)(F)C(F)(F)F)n1. The fraction of sp³-hybridized carbons (Fsp3) is 0.727. The van der Waals surface area contributed by atoms with E-state index in [1.165, 1.54) is 0 Å². The van der Waals surface area contributed by atoms with Crippen molar-refractivity contribution in [1.82, 2.24) is 20.3 Å². The molecule has 3 N–H and O–H groups in total. The highest BCUT2D eigenvalue weighted by Crippen LogP contribution is 2.51. The monoisotopic (exact) mass is 347 g/mol. The van der Waals surface area contributed by atoms with Gasteiger partial charge in [0.1, 0.15) is 5.82 Å². The summed E-state index contributed by atoms with van der Waals surface area (Å²) in [6.45, 7) is 1.00. The number of aromatic nitrogens is 3. The number of hydrogen-bond acceptors (Lipinski definition) is 5. The molecule has 5 nitrogen and oxygen atoms in total. The van der Waals surface area contributed by atoms with E-state index in [0.29, 0.717) is 25.9 Å². The van der Waals surface area contributed by atoms with Crippen molar-refractivity contribution in [1.29, 1.82) is 0 Å². The highest BCUT2D eigenvalue weighted by Gasteiger charge is 2.75. The number of piperidine rings is 1. The van der Waals surface area contributed by atoms with Gasteiger partial charge in [0.2, 0.25) is 11.8 Å². The first kappa shape index (κ1) is 17.6. The number of alkyl halides is 7. The topological polar surface area (TPSA) is 76.7 Å². The van der Waals surface area contributed by atoms with Crippen LogP contribution in [0.2, 0.25) is 0 Å². The van der Waals surface area contributed by atoms with Crippen LogP contribution in [0, 0.1) is 0 Å². The van der Waals surface area contributed by atoms with Crippen molar-refractivity contribution in [3.63, 3.8) is 0 Å². The molecule has 1 aliphatic heterocycles. The predicted octanol–water partition coefficient (Wildman–Crippen LogP) is 2.21. The van der Waals surface area contributed by atoms with E-state index in [9.17, 15) is 30.7 Å². The van der Waals surface area contributed by atoms with Crippen LogP contribution in [0.1, 0.15) is 30.4 Å². The first-order chi connectivity index (χ1) is 10.5. The van der Waals surface area contributed by atoms with Gasteiger partial charge in [-0.15, -0.1) is 0 Å². The minimum atomic E-state index is -6.47. The van der Waals surface area contributed by atoms with E-state index in [2.05, 4.69) is 20.3 Å². The normalized spacial score (nSPS) is 18.2. The lowest BCUT2D eigenvalue weighted by Crippen LogP contribution is -2.51. The lowest BCUT2D eigenvalue weighted by atomic mass is 9.97. The van der Waals surface area contributed by atoms with E-state index >= 15 is 0 Å². The maximum Gasteiger partial charge on any atom is 0.460 e. The molecule has 0 radical (unpaired) electrons. The molecule has 130 valence electrons. The molecule has 0 amide bonds. The Hall–Kier alpha value is -1.72. The van der Waals surface area contributed by atoms with Gasteiger partial charge >= 0.3 is 18.0 Å². The van der Waals surface area contributed by atoms with Gasteiger partial charge in [-0.25, -0.2) is 4.98 Å². The molecule has 12 heteroatoms. The number of anilines is 1. The molecule has 1 aromatic rings. The zero-order chi connectivity index (χ0) is 17.5. The van der Waals surface area contributed by atoms with E-state index in [-0.39, 0.29) is 5.82 Å². The third kappa shape index (κ3) is 3.16. The molecule has 1 fully saturated rings. The number of nitrogens with zero attached hydrogens (tertiary/aromatic N) is 3. The van der Waals surface area contributed by atoms with Crippen molar-refractivity contribution in [2.24, 2.45) is 0 Å². The van der Waals surface area contributed by atoms with Crippen LogP contribution >= 0.6 is 0 Å². The fourth-order valence-corrected chi connectivity index (χ4v) is 2.13. The van der Waals surface area contributed by atoms with Gasteiger partial charge in [0.05, 0.1) is 0 Å². The number of nitrogens with one attached hydrogen (secondary N) is 1. The van der Waals surface area contributed by atoms with Crippen molar-refractivity contribution in [2.45, 2.75) is 36.8 Å². The molecule has 0 unspecified atom stereocenters. The smallest absolute Gasteiger partial charge is 0.368 e. The lowest BCUT2D eigenvalue weighted by molar-refractivity contribution is -0.361. The number of rotatable bonds is 3. The standard InChI is InChI=1S/C11H12F7N5/c12-9(13,10(14,15)11(16,17)18)7-21-6(22-8(19)23-7)5-1-3-20-4-2-5/h5,20H,1-4H2,(H2,19,21,22,23). The Kier molecular flexibility index (Phi) is 4.39. The van der Waals surface area contributed by atoms with Crippen molar-refractivity contribution in [3.8, 4) is 0 Å². The third-order valence-corrected chi connectivity index (χ3v) is 3.41. The summed E-state index contributed by atoms with van der Waals surface area (Å²) in [5.41, 5.74) is 5.18. The average molecular weight is 347 g/mol. The minimum absolute atomic E-state index is 0.313. The van der Waals surface area contributed by atoms with Crippen LogP contribution in [0.5, 0.6) is 0 Å². The summed E-state index contributed by atoms with van der Waals surface area (Å²) < 4.78 is 90.2. The second-order valence-electron chi connectivity index (χ2n) is 5.05. The quantitative estimate of drug-likeness (QED) is 0.820. The van der Waals surface area contributed by atoms with Crippen molar-refractivity contribution in [2.75, 3.05) is 18.8 Å². The fourth-order valence-electron chi connectivity index (χ4n) is 2.13. The maximum atomic E-state index is 13.7. The summed E-state index contributed by atoms with van der Waals surface area (Å²) in [5.74, 6) is -15.6. The van der Waals surface area contributed by atoms with E-state index in [1.54, 1.807) is 0 Å². The molecule has 2 rings (SSSR count). The zero-order valence-corrected chi connectivity index (χ0v) is 11.5. The van der Waals surface area contributed by atoms with E-state index in [4.69, 9.17) is 5.73 Å². The lowest BCUT2D eigenvalue weighted by Gasteiger charge is -2.28. The molecule has 23 heavy (non-hydrogen) atoms. The second kappa shape index (κ2) is 5.73. The Labute approximate surface area is 125 Å². The molecule has 2 heterocycles. The van der Waals surface area contributed by atoms with Crippen molar-refractivity contribution in [3.05, 3.63) is 11.6 Å². The van der Waals surface area contributed by atoms with E-state index < -0.39 is 35.7 Å². The van der Waals surface area contributed by atoms with E-state index in [1.807, 2.05) is 0 Å². The summed E-state index contributed by atoms with van der Waals surface area (Å²) in [7, 11) is 0. The van der Waals surface area contributed by atoms with Crippen LogP contribution < -0.4 is 11.1 Å². The number of nitrogen functional groups attached to an aromatic ring is 1. The highest BCUT2D eigenvalue weighted by molar-refractivity contribution is 5.21. The molecular weight excluding hydrogens is 335 g/mol. The molecule has 0 atom stereocenters. The van der Waals surface area contributed by atoms with Gasteiger partial charge in [0.25, 0.3) is 0 Å². The van der Waals surface area contributed by atoms with Gasteiger partial charge in [-0.1, -0.05) is 0 Å². The van der Waals surface area contributed by atoms with Crippen LogP contribution in [0.15, 0.2) is 0 Å². The maximum absolute atomic E-state index is 13.7. The van der Waals surface area contributed by atoms with Gasteiger partial charge in [0.15, 0.2) is 0 Å². The minimum Gasteiger partial charge on any atom is -0.368 e. The van der Waals surface area contributed by atoms with Gasteiger partial charge in [0, 0.05) is 5.92 Å².